The highest BCUT2D eigenvalue weighted by molar-refractivity contribution is 5.90. The molecule has 1 saturated heterocycles. The molecule has 3 rings (SSSR count). The first-order chi connectivity index (χ1) is 8.84. The maximum atomic E-state index is 11.7. The van der Waals surface area contributed by atoms with E-state index in [0.717, 1.165) is 6.42 Å². The standard InChI is InChI=1S/C15H22O4/c1-7-4-11-9(8(2)14(18)19-11)6-15(3)12(17)5-10(16)13(7)15/h7,9-13,16-17H,2,4-6H2,1,3H3/t7-,9-,10+,11+,12-,13-,15-/m1/s1. The molecule has 0 aromatic rings. The van der Waals surface area contributed by atoms with E-state index in [4.69, 9.17) is 4.74 Å². The monoisotopic (exact) mass is 266 g/mol. The largest absolute Gasteiger partial charge is 0.458 e. The van der Waals surface area contributed by atoms with E-state index in [-0.39, 0.29) is 35.2 Å². The average Bonchev–Trinajstić information content (AvgIpc) is 2.63. The number of hydrogen-bond donors (Lipinski definition) is 2. The second-order valence-corrected chi connectivity index (χ2v) is 6.84. The molecule has 0 aromatic carbocycles. The molecule has 2 saturated carbocycles. The predicted octanol–water partition coefficient (Wildman–Crippen LogP) is 1.26. The number of rotatable bonds is 0. The molecule has 1 heterocycles. The summed E-state index contributed by atoms with van der Waals surface area (Å²) in [5.74, 6) is -0.00682. The molecule has 7 atom stereocenters. The minimum atomic E-state index is -0.516. The molecule has 0 amide bonds. The summed E-state index contributed by atoms with van der Waals surface area (Å²) in [4.78, 5) is 11.7. The van der Waals surface area contributed by atoms with Gasteiger partial charge in [0.2, 0.25) is 0 Å². The Labute approximate surface area is 113 Å². The average molecular weight is 266 g/mol. The van der Waals surface area contributed by atoms with Crippen molar-refractivity contribution in [2.75, 3.05) is 0 Å². The molecule has 4 nitrogen and oxygen atoms in total. The Morgan fingerprint density at radius 3 is 2.74 bits per heavy atom. The van der Waals surface area contributed by atoms with Gasteiger partial charge >= 0.3 is 5.97 Å². The van der Waals surface area contributed by atoms with Crippen LogP contribution in [-0.2, 0) is 9.53 Å². The molecule has 106 valence electrons. The Balaban J connectivity index is 1.98. The van der Waals surface area contributed by atoms with E-state index in [0.29, 0.717) is 18.4 Å². The lowest BCUT2D eigenvalue weighted by Crippen LogP contribution is -2.37. The van der Waals surface area contributed by atoms with Crippen molar-refractivity contribution in [1.82, 2.24) is 0 Å². The van der Waals surface area contributed by atoms with Gasteiger partial charge in [0.25, 0.3) is 0 Å². The van der Waals surface area contributed by atoms with Crippen molar-refractivity contribution in [2.45, 2.75) is 51.4 Å². The summed E-state index contributed by atoms with van der Waals surface area (Å²) in [5, 5.41) is 20.6. The van der Waals surface area contributed by atoms with Crippen LogP contribution in [-0.4, -0.2) is 34.5 Å². The molecule has 0 aromatic heterocycles. The highest BCUT2D eigenvalue weighted by Gasteiger charge is 2.58. The Morgan fingerprint density at radius 2 is 2.05 bits per heavy atom. The smallest absolute Gasteiger partial charge is 0.334 e. The van der Waals surface area contributed by atoms with Gasteiger partial charge in [0.05, 0.1) is 12.2 Å². The fraction of sp³-hybridized carbons (Fsp3) is 0.800. The topological polar surface area (TPSA) is 66.8 Å². The van der Waals surface area contributed by atoms with Crippen LogP contribution in [0.2, 0.25) is 0 Å². The van der Waals surface area contributed by atoms with Crippen molar-refractivity contribution in [2.24, 2.45) is 23.2 Å². The Morgan fingerprint density at radius 1 is 1.37 bits per heavy atom. The van der Waals surface area contributed by atoms with E-state index >= 15 is 0 Å². The zero-order valence-electron chi connectivity index (χ0n) is 11.5. The molecule has 0 radical (unpaired) electrons. The fourth-order valence-corrected chi connectivity index (χ4v) is 4.73. The first kappa shape index (κ1) is 13.1. The van der Waals surface area contributed by atoms with Gasteiger partial charge in [-0.15, -0.1) is 0 Å². The van der Waals surface area contributed by atoms with Crippen molar-refractivity contribution in [3.05, 3.63) is 12.2 Å². The van der Waals surface area contributed by atoms with Crippen molar-refractivity contribution >= 4 is 5.97 Å². The SMILES string of the molecule is C=C1C(=O)O[C@H]2C[C@@H](C)[C@@H]3[C@@H](O)C[C@@H](O)[C@@]3(C)C[C@H]12. The summed E-state index contributed by atoms with van der Waals surface area (Å²) in [6.45, 7) is 7.98. The van der Waals surface area contributed by atoms with E-state index in [9.17, 15) is 15.0 Å². The second kappa shape index (κ2) is 4.06. The van der Waals surface area contributed by atoms with Gasteiger partial charge in [-0.2, -0.15) is 0 Å². The van der Waals surface area contributed by atoms with Crippen molar-refractivity contribution < 1.29 is 19.7 Å². The van der Waals surface area contributed by atoms with Crippen LogP contribution >= 0.6 is 0 Å². The summed E-state index contributed by atoms with van der Waals surface area (Å²) in [6.07, 6.45) is 0.755. The molecule has 4 heteroatoms. The van der Waals surface area contributed by atoms with E-state index in [1.807, 2.05) is 6.92 Å². The Kier molecular flexibility index (Phi) is 2.81. The summed E-state index contributed by atoms with van der Waals surface area (Å²) in [7, 11) is 0. The molecule has 3 aliphatic rings. The van der Waals surface area contributed by atoms with Crippen LogP contribution in [0.25, 0.3) is 0 Å². The number of hydrogen-bond acceptors (Lipinski definition) is 4. The lowest BCUT2D eigenvalue weighted by Gasteiger charge is -2.37. The van der Waals surface area contributed by atoms with Crippen molar-refractivity contribution in [3.8, 4) is 0 Å². The second-order valence-electron chi connectivity index (χ2n) is 6.84. The first-order valence-electron chi connectivity index (χ1n) is 7.10. The van der Waals surface area contributed by atoms with E-state index < -0.39 is 12.2 Å². The number of fused-ring (bicyclic) bond motifs is 2. The van der Waals surface area contributed by atoms with E-state index in [2.05, 4.69) is 13.5 Å². The number of aliphatic hydroxyl groups excluding tert-OH is 2. The Hall–Kier alpha value is -0.870. The van der Waals surface area contributed by atoms with Gasteiger partial charge in [-0.3, -0.25) is 0 Å². The van der Waals surface area contributed by atoms with Crippen molar-refractivity contribution in [1.29, 1.82) is 0 Å². The minimum Gasteiger partial charge on any atom is -0.458 e. The molecule has 1 aliphatic heterocycles. The lowest BCUT2D eigenvalue weighted by molar-refractivity contribution is -0.139. The molecule has 2 aliphatic carbocycles. The quantitative estimate of drug-likeness (QED) is 0.512. The predicted molar refractivity (Wildman–Crippen MR) is 69.1 cm³/mol. The number of esters is 1. The van der Waals surface area contributed by atoms with E-state index in [1.165, 1.54) is 0 Å². The molecule has 0 spiro atoms. The fourth-order valence-electron chi connectivity index (χ4n) is 4.73. The third-order valence-corrected chi connectivity index (χ3v) is 5.70. The van der Waals surface area contributed by atoms with Gasteiger partial charge < -0.3 is 14.9 Å². The Bertz CT molecular complexity index is 432. The van der Waals surface area contributed by atoms with Gasteiger partial charge in [-0.1, -0.05) is 20.4 Å². The third-order valence-electron chi connectivity index (χ3n) is 5.70. The minimum absolute atomic E-state index is 0.00935. The molecular formula is C15H22O4. The van der Waals surface area contributed by atoms with Gasteiger partial charge in [0.15, 0.2) is 0 Å². The summed E-state index contributed by atoms with van der Waals surface area (Å²) < 4.78 is 5.41. The molecule has 19 heavy (non-hydrogen) atoms. The molecule has 2 N–H and O–H groups in total. The molecule has 3 fully saturated rings. The summed E-state index contributed by atoms with van der Waals surface area (Å²) in [6, 6.07) is 0. The van der Waals surface area contributed by atoms with Crippen LogP contribution in [0.5, 0.6) is 0 Å². The van der Waals surface area contributed by atoms with Crippen molar-refractivity contribution in [3.63, 3.8) is 0 Å². The molecule has 0 bridgehead atoms. The van der Waals surface area contributed by atoms with E-state index in [1.54, 1.807) is 0 Å². The number of aliphatic hydroxyl groups is 2. The highest BCUT2D eigenvalue weighted by atomic mass is 16.6. The summed E-state index contributed by atoms with van der Waals surface area (Å²) >= 11 is 0. The number of ether oxygens (including phenoxy) is 1. The van der Waals surface area contributed by atoms with Crippen LogP contribution in [0.15, 0.2) is 12.2 Å². The van der Waals surface area contributed by atoms with Crippen LogP contribution in [0.3, 0.4) is 0 Å². The third kappa shape index (κ3) is 1.69. The number of carbonyl (C=O) groups excluding carboxylic acids is 1. The maximum absolute atomic E-state index is 11.7. The zero-order valence-corrected chi connectivity index (χ0v) is 11.5. The lowest BCUT2D eigenvalue weighted by atomic mass is 9.69. The normalized spacial score (nSPS) is 53.5. The van der Waals surface area contributed by atoms with Crippen LogP contribution in [0, 0.1) is 23.2 Å². The molecular weight excluding hydrogens is 244 g/mol. The molecule has 0 unspecified atom stereocenters. The van der Waals surface area contributed by atoms with Crippen LogP contribution in [0.1, 0.15) is 33.1 Å². The van der Waals surface area contributed by atoms with Gasteiger partial charge in [-0.25, -0.2) is 4.79 Å². The zero-order chi connectivity index (χ0) is 13.9. The van der Waals surface area contributed by atoms with Crippen LogP contribution < -0.4 is 0 Å². The van der Waals surface area contributed by atoms with Crippen LogP contribution in [0.4, 0.5) is 0 Å². The first-order valence-corrected chi connectivity index (χ1v) is 7.10. The maximum Gasteiger partial charge on any atom is 0.334 e. The van der Waals surface area contributed by atoms with Gasteiger partial charge in [0, 0.05) is 17.9 Å². The number of carbonyl (C=O) groups is 1. The van der Waals surface area contributed by atoms with Gasteiger partial charge in [0.1, 0.15) is 6.10 Å². The summed E-state index contributed by atoms with van der Waals surface area (Å²) in [5.41, 5.74) is 0.183. The highest BCUT2D eigenvalue weighted by Crippen LogP contribution is 2.56. The van der Waals surface area contributed by atoms with Gasteiger partial charge in [-0.05, 0) is 30.1 Å².